The molecule has 120 valence electrons. The maximum absolute atomic E-state index is 9.33. The quantitative estimate of drug-likeness (QED) is 0.671. The highest BCUT2D eigenvalue weighted by Gasteiger charge is 2.03. The van der Waals surface area contributed by atoms with Crippen LogP contribution in [0, 0.1) is 6.92 Å². The van der Waals surface area contributed by atoms with Gasteiger partial charge in [-0.05, 0) is 48.9 Å². The Balaban J connectivity index is 1.79. The molecule has 0 aliphatic carbocycles. The fraction of sp³-hybridized carbons (Fsp3) is 0.0952. The number of aryl methyl sites for hydroxylation is 1. The van der Waals surface area contributed by atoms with Gasteiger partial charge in [-0.15, -0.1) is 0 Å². The predicted molar refractivity (Wildman–Crippen MR) is 97.3 cm³/mol. The molecule has 1 N–H and O–H groups in total. The van der Waals surface area contributed by atoms with E-state index in [1.54, 1.807) is 30.5 Å². The zero-order chi connectivity index (χ0) is 16.8. The lowest BCUT2D eigenvalue weighted by molar-refractivity contribution is 0.306. The van der Waals surface area contributed by atoms with Crippen LogP contribution in [0.2, 0.25) is 0 Å². The number of aromatic hydroxyl groups is 1. The average molecular weight is 317 g/mol. The lowest BCUT2D eigenvalue weighted by atomic mass is 10.1. The number of benzene rings is 3. The summed E-state index contributed by atoms with van der Waals surface area (Å²) in [5, 5.41) is 9.33. The number of aliphatic imine (C=N–C) groups is 1. The Bertz CT molecular complexity index is 824. The summed E-state index contributed by atoms with van der Waals surface area (Å²) in [4.78, 5) is 4.46. The summed E-state index contributed by atoms with van der Waals surface area (Å²) >= 11 is 0. The molecule has 0 saturated heterocycles. The van der Waals surface area contributed by atoms with Gasteiger partial charge in [0, 0.05) is 11.8 Å². The summed E-state index contributed by atoms with van der Waals surface area (Å²) in [7, 11) is 0. The van der Waals surface area contributed by atoms with Gasteiger partial charge < -0.3 is 9.84 Å². The molecule has 3 aromatic rings. The van der Waals surface area contributed by atoms with Crippen molar-refractivity contribution in [1.29, 1.82) is 0 Å². The molecule has 0 bridgehead atoms. The minimum Gasteiger partial charge on any atom is -0.508 e. The molecule has 0 heterocycles. The monoisotopic (exact) mass is 317 g/mol. The molecule has 0 aliphatic heterocycles. The van der Waals surface area contributed by atoms with E-state index in [9.17, 15) is 5.11 Å². The van der Waals surface area contributed by atoms with Gasteiger partial charge in [0.2, 0.25) is 0 Å². The third-order valence-corrected chi connectivity index (χ3v) is 3.60. The van der Waals surface area contributed by atoms with Crippen molar-refractivity contribution in [3.05, 3.63) is 89.5 Å². The van der Waals surface area contributed by atoms with E-state index in [2.05, 4.69) is 4.99 Å². The third-order valence-electron chi connectivity index (χ3n) is 3.60. The molecule has 0 atom stereocenters. The highest BCUT2D eigenvalue weighted by atomic mass is 16.5. The summed E-state index contributed by atoms with van der Waals surface area (Å²) < 4.78 is 5.95. The highest BCUT2D eigenvalue weighted by molar-refractivity contribution is 5.85. The number of nitrogens with zero attached hydrogens (tertiary/aromatic N) is 1. The first-order valence-electron chi connectivity index (χ1n) is 7.81. The number of phenols is 1. The van der Waals surface area contributed by atoms with E-state index in [4.69, 9.17) is 4.74 Å². The molecule has 0 radical (unpaired) electrons. The molecule has 3 rings (SSSR count). The smallest absolute Gasteiger partial charge is 0.128 e. The third kappa shape index (κ3) is 4.23. The van der Waals surface area contributed by atoms with Gasteiger partial charge in [-0.25, -0.2) is 0 Å². The van der Waals surface area contributed by atoms with Crippen LogP contribution >= 0.6 is 0 Å². The van der Waals surface area contributed by atoms with E-state index < -0.39 is 0 Å². The van der Waals surface area contributed by atoms with Gasteiger partial charge >= 0.3 is 0 Å². The van der Waals surface area contributed by atoms with Gasteiger partial charge in [0.05, 0.1) is 5.69 Å². The first-order chi connectivity index (χ1) is 11.7. The van der Waals surface area contributed by atoms with Crippen molar-refractivity contribution in [2.45, 2.75) is 13.5 Å². The van der Waals surface area contributed by atoms with E-state index in [1.165, 1.54) is 0 Å². The Labute approximate surface area is 141 Å². The van der Waals surface area contributed by atoms with E-state index >= 15 is 0 Å². The van der Waals surface area contributed by atoms with Gasteiger partial charge in [-0.3, -0.25) is 4.99 Å². The first kappa shape index (κ1) is 15.8. The fourth-order valence-corrected chi connectivity index (χ4v) is 2.32. The van der Waals surface area contributed by atoms with Crippen molar-refractivity contribution in [3.63, 3.8) is 0 Å². The Kier molecular flexibility index (Phi) is 4.92. The van der Waals surface area contributed by atoms with Crippen molar-refractivity contribution >= 4 is 11.9 Å². The molecular weight excluding hydrogens is 298 g/mol. The van der Waals surface area contributed by atoms with Crippen LogP contribution in [0.25, 0.3) is 0 Å². The maximum Gasteiger partial charge on any atom is 0.128 e. The van der Waals surface area contributed by atoms with E-state index in [0.29, 0.717) is 6.61 Å². The molecule has 0 amide bonds. The van der Waals surface area contributed by atoms with Crippen molar-refractivity contribution in [2.24, 2.45) is 4.99 Å². The van der Waals surface area contributed by atoms with E-state index in [0.717, 1.165) is 28.1 Å². The SMILES string of the molecule is Cc1ccc(OCc2ccccc2)c(C=Nc2ccc(O)cc2)c1. The number of rotatable bonds is 5. The summed E-state index contributed by atoms with van der Waals surface area (Å²) in [6, 6.07) is 22.9. The van der Waals surface area contributed by atoms with Crippen LogP contribution in [0.15, 0.2) is 77.8 Å². The van der Waals surface area contributed by atoms with Crippen LogP contribution < -0.4 is 4.74 Å². The minimum atomic E-state index is 0.233. The van der Waals surface area contributed by atoms with Crippen LogP contribution in [0.4, 0.5) is 5.69 Å². The second-order valence-electron chi connectivity index (χ2n) is 5.59. The van der Waals surface area contributed by atoms with Crippen LogP contribution in [0.1, 0.15) is 16.7 Å². The Hall–Kier alpha value is -3.07. The second-order valence-corrected chi connectivity index (χ2v) is 5.59. The number of hydrogen-bond donors (Lipinski definition) is 1. The van der Waals surface area contributed by atoms with Gasteiger partial charge in [-0.1, -0.05) is 42.0 Å². The molecule has 0 aromatic heterocycles. The topological polar surface area (TPSA) is 41.8 Å². The van der Waals surface area contributed by atoms with Crippen LogP contribution in [0.3, 0.4) is 0 Å². The van der Waals surface area contributed by atoms with Crippen LogP contribution in [-0.4, -0.2) is 11.3 Å². The van der Waals surface area contributed by atoms with Crippen molar-refractivity contribution < 1.29 is 9.84 Å². The maximum atomic E-state index is 9.33. The summed E-state index contributed by atoms with van der Waals surface area (Å²) in [5.74, 6) is 1.03. The molecule has 0 fully saturated rings. The van der Waals surface area contributed by atoms with Crippen molar-refractivity contribution in [3.8, 4) is 11.5 Å². The minimum absolute atomic E-state index is 0.233. The molecule has 3 heteroatoms. The zero-order valence-electron chi connectivity index (χ0n) is 13.5. The van der Waals surface area contributed by atoms with Crippen LogP contribution in [0.5, 0.6) is 11.5 Å². The molecule has 0 unspecified atom stereocenters. The number of ether oxygens (including phenoxy) is 1. The van der Waals surface area contributed by atoms with Crippen LogP contribution in [-0.2, 0) is 6.61 Å². The molecule has 0 aliphatic rings. The Morgan fingerprint density at radius 2 is 1.71 bits per heavy atom. The second kappa shape index (κ2) is 7.47. The standard InChI is InChI=1S/C21H19NO2/c1-16-7-12-21(24-15-17-5-3-2-4-6-17)18(13-16)14-22-19-8-10-20(23)11-9-19/h2-14,23H,15H2,1H3. The average Bonchev–Trinajstić information content (AvgIpc) is 2.61. The van der Waals surface area contributed by atoms with E-state index in [-0.39, 0.29) is 5.75 Å². The fourth-order valence-electron chi connectivity index (χ4n) is 2.32. The molecule has 24 heavy (non-hydrogen) atoms. The van der Waals surface area contributed by atoms with Gasteiger partial charge in [0.15, 0.2) is 0 Å². The number of hydrogen-bond acceptors (Lipinski definition) is 3. The number of phenolic OH excluding ortho intramolecular Hbond substituents is 1. The molecule has 3 nitrogen and oxygen atoms in total. The summed E-state index contributed by atoms with van der Waals surface area (Å²) in [6.45, 7) is 2.56. The first-order valence-corrected chi connectivity index (χ1v) is 7.81. The normalized spacial score (nSPS) is 10.9. The zero-order valence-corrected chi connectivity index (χ0v) is 13.5. The lowest BCUT2D eigenvalue weighted by Crippen LogP contribution is -1.98. The van der Waals surface area contributed by atoms with Gasteiger partial charge in [0.1, 0.15) is 18.1 Å². The molecule has 3 aromatic carbocycles. The summed E-state index contributed by atoms with van der Waals surface area (Å²) in [5.41, 5.74) is 3.98. The predicted octanol–water partition coefficient (Wildman–Crippen LogP) is 5.03. The summed E-state index contributed by atoms with van der Waals surface area (Å²) in [6.07, 6.45) is 1.79. The Morgan fingerprint density at radius 1 is 0.958 bits per heavy atom. The van der Waals surface area contributed by atoms with Gasteiger partial charge in [-0.2, -0.15) is 0 Å². The van der Waals surface area contributed by atoms with Crippen molar-refractivity contribution in [2.75, 3.05) is 0 Å². The lowest BCUT2D eigenvalue weighted by Gasteiger charge is -2.10. The molecule has 0 saturated carbocycles. The molecular formula is C21H19NO2. The molecule has 0 spiro atoms. The highest BCUT2D eigenvalue weighted by Crippen LogP contribution is 2.22. The largest absolute Gasteiger partial charge is 0.508 e. The van der Waals surface area contributed by atoms with Gasteiger partial charge in [0.25, 0.3) is 0 Å². The van der Waals surface area contributed by atoms with E-state index in [1.807, 2.05) is 55.5 Å². The van der Waals surface area contributed by atoms with Crippen molar-refractivity contribution in [1.82, 2.24) is 0 Å². The Morgan fingerprint density at radius 3 is 2.46 bits per heavy atom.